The SMILES string of the molecule is O=C(Nc1ccc(S(=O)(=O)N2C[C@H](O)C[C@H]2C(=O)O)cc1)c1ccc(Cl)cc1Cl. The Hall–Kier alpha value is -2.17. The molecule has 1 saturated heterocycles. The van der Waals surface area contributed by atoms with Gasteiger partial charge in [0.2, 0.25) is 10.0 Å². The van der Waals surface area contributed by atoms with Gasteiger partial charge in [-0.1, -0.05) is 23.2 Å². The standard InChI is InChI=1S/C18H16Cl2N2O6S/c19-10-1-6-14(15(20)7-10)17(24)21-11-2-4-13(5-3-11)29(27,28)22-9-12(23)8-16(22)18(25)26/h1-7,12,16,23H,8-9H2,(H,21,24)(H,25,26)/t12-,16+/m1/s1. The Morgan fingerprint density at radius 3 is 2.34 bits per heavy atom. The molecule has 0 bridgehead atoms. The third-order valence-corrected chi connectivity index (χ3v) is 6.85. The van der Waals surface area contributed by atoms with E-state index in [1.54, 1.807) is 0 Å². The summed E-state index contributed by atoms with van der Waals surface area (Å²) in [7, 11) is -4.13. The van der Waals surface area contributed by atoms with Crippen LogP contribution in [-0.4, -0.2) is 53.5 Å². The molecule has 1 heterocycles. The highest BCUT2D eigenvalue weighted by molar-refractivity contribution is 7.89. The van der Waals surface area contributed by atoms with Crippen molar-refractivity contribution in [1.82, 2.24) is 4.31 Å². The van der Waals surface area contributed by atoms with Crippen LogP contribution in [0, 0.1) is 0 Å². The van der Waals surface area contributed by atoms with Gasteiger partial charge in [0, 0.05) is 23.7 Å². The molecule has 11 heteroatoms. The number of sulfonamides is 1. The Morgan fingerprint density at radius 1 is 1.10 bits per heavy atom. The van der Waals surface area contributed by atoms with Crippen molar-refractivity contribution < 1.29 is 28.2 Å². The minimum Gasteiger partial charge on any atom is -0.480 e. The first-order valence-corrected chi connectivity index (χ1v) is 10.6. The Kier molecular flexibility index (Phi) is 6.16. The zero-order valence-electron chi connectivity index (χ0n) is 14.7. The average molecular weight is 459 g/mol. The molecule has 0 aromatic heterocycles. The van der Waals surface area contributed by atoms with E-state index < -0.39 is 34.0 Å². The fourth-order valence-electron chi connectivity index (χ4n) is 2.99. The number of halogens is 2. The number of aliphatic hydroxyl groups excluding tert-OH is 1. The summed E-state index contributed by atoms with van der Waals surface area (Å²) in [6.45, 7) is -0.299. The van der Waals surface area contributed by atoms with Crippen LogP contribution in [0.15, 0.2) is 47.4 Å². The number of aliphatic carboxylic acids is 1. The van der Waals surface area contributed by atoms with Gasteiger partial charge in [0.1, 0.15) is 6.04 Å². The number of nitrogens with zero attached hydrogens (tertiary/aromatic N) is 1. The van der Waals surface area contributed by atoms with Gasteiger partial charge in [0.25, 0.3) is 5.91 Å². The van der Waals surface area contributed by atoms with Crippen LogP contribution in [-0.2, 0) is 14.8 Å². The van der Waals surface area contributed by atoms with E-state index in [4.69, 9.17) is 23.2 Å². The van der Waals surface area contributed by atoms with Crippen molar-refractivity contribution in [2.24, 2.45) is 0 Å². The minimum absolute atomic E-state index is 0.152. The number of aliphatic hydroxyl groups is 1. The molecule has 0 spiro atoms. The van der Waals surface area contributed by atoms with Gasteiger partial charge in [-0.15, -0.1) is 0 Å². The summed E-state index contributed by atoms with van der Waals surface area (Å²) >= 11 is 11.8. The number of carboxylic acid groups (broad SMARTS) is 1. The number of carbonyl (C=O) groups excluding carboxylic acids is 1. The molecule has 2 aromatic carbocycles. The van der Waals surface area contributed by atoms with Gasteiger partial charge in [-0.05, 0) is 42.5 Å². The molecule has 3 rings (SSSR count). The van der Waals surface area contributed by atoms with Crippen LogP contribution in [0.25, 0.3) is 0 Å². The summed E-state index contributed by atoms with van der Waals surface area (Å²) in [6, 6.07) is 8.31. The molecular formula is C18H16Cl2N2O6S. The van der Waals surface area contributed by atoms with Crippen molar-refractivity contribution >= 4 is 50.8 Å². The molecule has 2 aromatic rings. The van der Waals surface area contributed by atoms with Crippen molar-refractivity contribution in [1.29, 1.82) is 0 Å². The largest absolute Gasteiger partial charge is 0.480 e. The summed E-state index contributed by atoms with van der Waals surface area (Å²) in [6.07, 6.45) is -1.22. The highest BCUT2D eigenvalue weighted by Gasteiger charge is 2.43. The summed E-state index contributed by atoms with van der Waals surface area (Å²) < 4.78 is 26.3. The lowest BCUT2D eigenvalue weighted by Crippen LogP contribution is -2.40. The number of rotatable bonds is 5. The number of nitrogens with one attached hydrogen (secondary N) is 1. The van der Waals surface area contributed by atoms with E-state index in [0.29, 0.717) is 10.7 Å². The fourth-order valence-corrected chi connectivity index (χ4v) is 5.12. The predicted octanol–water partition coefficient (Wildman–Crippen LogP) is 2.45. The van der Waals surface area contributed by atoms with Crippen molar-refractivity contribution in [2.45, 2.75) is 23.5 Å². The maximum absolute atomic E-state index is 12.8. The van der Waals surface area contributed by atoms with Crippen LogP contribution in [0.1, 0.15) is 16.8 Å². The minimum atomic E-state index is -4.13. The fraction of sp³-hybridized carbons (Fsp3) is 0.222. The first-order chi connectivity index (χ1) is 13.6. The smallest absolute Gasteiger partial charge is 0.322 e. The van der Waals surface area contributed by atoms with Crippen LogP contribution < -0.4 is 5.32 Å². The summed E-state index contributed by atoms with van der Waals surface area (Å²) in [5.74, 6) is -1.83. The van der Waals surface area contributed by atoms with E-state index in [-0.39, 0.29) is 28.4 Å². The monoisotopic (exact) mass is 458 g/mol. The van der Waals surface area contributed by atoms with E-state index >= 15 is 0 Å². The number of carbonyl (C=O) groups is 2. The molecule has 29 heavy (non-hydrogen) atoms. The van der Waals surface area contributed by atoms with Gasteiger partial charge in [-0.2, -0.15) is 4.31 Å². The van der Waals surface area contributed by atoms with Crippen LogP contribution in [0.3, 0.4) is 0 Å². The van der Waals surface area contributed by atoms with E-state index in [1.807, 2.05) is 0 Å². The molecule has 154 valence electrons. The number of anilines is 1. The topological polar surface area (TPSA) is 124 Å². The molecule has 1 aliphatic heterocycles. The normalized spacial score (nSPS) is 19.8. The number of β-amino-alcohol motifs (C(OH)–C–C–N with tert-alkyl or cyclic N) is 1. The molecule has 8 nitrogen and oxygen atoms in total. The second-order valence-electron chi connectivity index (χ2n) is 6.42. The van der Waals surface area contributed by atoms with Crippen molar-refractivity contribution in [3.8, 4) is 0 Å². The first kappa shape index (κ1) is 21.5. The lowest BCUT2D eigenvalue weighted by Gasteiger charge is -2.20. The van der Waals surface area contributed by atoms with Crippen molar-refractivity contribution in [2.75, 3.05) is 11.9 Å². The number of hydrogen-bond donors (Lipinski definition) is 3. The van der Waals surface area contributed by atoms with E-state index in [0.717, 1.165) is 4.31 Å². The first-order valence-electron chi connectivity index (χ1n) is 8.39. The number of carboxylic acids is 1. The predicted molar refractivity (Wildman–Crippen MR) is 107 cm³/mol. The van der Waals surface area contributed by atoms with Gasteiger partial charge < -0.3 is 15.5 Å². The van der Waals surface area contributed by atoms with Crippen LogP contribution >= 0.6 is 23.2 Å². The third-order valence-electron chi connectivity index (χ3n) is 4.41. The molecule has 1 fully saturated rings. The van der Waals surface area contributed by atoms with Crippen LogP contribution in [0.4, 0.5) is 5.69 Å². The zero-order valence-corrected chi connectivity index (χ0v) is 17.1. The van der Waals surface area contributed by atoms with Crippen LogP contribution in [0.2, 0.25) is 10.0 Å². The van der Waals surface area contributed by atoms with E-state index in [9.17, 15) is 28.2 Å². The summed E-state index contributed by atoms with van der Waals surface area (Å²) in [4.78, 5) is 23.5. The molecular weight excluding hydrogens is 443 g/mol. The van der Waals surface area contributed by atoms with Crippen molar-refractivity contribution in [3.63, 3.8) is 0 Å². The molecule has 1 aliphatic rings. The molecule has 0 radical (unpaired) electrons. The van der Waals surface area contributed by atoms with Gasteiger partial charge in [-0.25, -0.2) is 8.42 Å². The average Bonchev–Trinajstić information content (AvgIpc) is 3.05. The Morgan fingerprint density at radius 2 is 1.76 bits per heavy atom. The molecule has 0 unspecified atom stereocenters. The van der Waals surface area contributed by atoms with E-state index in [1.165, 1.54) is 42.5 Å². The highest BCUT2D eigenvalue weighted by Crippen LogP contribution is 2.28. The lowest BCUT2D eigenvalue weighted by molar-refractivity contribution is -0.140. The number of benzene rings is 2. The summed E-state index contributed by atoms with van der Waals surface area (Å²) in [5, 5.41) is 22.0. The van der Waals surface area contributed by atoms with Crippen molar-refractivity contribution in [3.05, 3.63) is 58.1 Å². The number of amides is 1. The quantitative estimate of drug-likeness (QED) is 0.631. The second-order valence-corrected chi connectivity index (χ2v) is 9.16. The van der Waals surface area contributed by atoms with Gasteiger partial charge in [-0.3, -0.25) is 9.59 Å². The van der Waals surface area contributed by atoms with Gasteiger partial charge >= 0.3 is 5.97 Å². The summed E-state index contributed by atoms with van der Waals surface area (Å²) in [5.41, 5.74) is 0.513. The zero-order chi connectivity index (χ0) is 21.3. The lowest BCUT2D eigenvalue weighted by atomic mass is 10.2. The molecule has 0 aliphatic carbocycles. The maximum Gasteiger partial charge on any atom is 0.322 e. The molecule has 3 N–H and O–H groups in total. The van der Waals surface area contributed by atoms with Gasteiger partial charge in [0.05, 0.1) is 21.6 Å². The third kappa shape index (κ3) is 4.54. The highest BCUT2D eigenvalue weighted by atomic mass is 35.5. The molecule has 1 amide bonds. The van der Waals surface area contributed by atoms with Gasteiger partial charge in [0.15, 0.2) is 0 Å². The van der Waals surface area contributed by atoms with Crippen LogP contribution in [0.5, 0.6) is 0 Å². The number of hydrogen-bond acceptors (Lipinski definition) is 5. The maximum atomic E-state index is 12.8. The second kappa shape index (κ2) is 8.29. The van der Waals surface area contributed by atoms with E-state index in [2.05, 4.69) is 5.32 Å². The molecule has 2 atom stereocenters. The Labute approximate surface area is 176 Å². The Balaban J connectivity index is 1.79. The Bertz CT molecular complexity index is 1060. The molecule has 0 saturated carbocycles.